The van der Waals surface area contributed by atoms with Crippen LogP contribution in [0.3, 0.4) is 0 Å². The highest BCUT2D eigenvalue weighted by molar-refractivity contribution is 6.33. The van der Waals surface area contributed by atoms with Crippen LogP contribution in [0, 0.1) is 17.2 Å². The fourth-order valence-corrected chi connectivity index (χ4v) is 2.54. The molecule has 1 aliphatic heterocycles. The summed E-state index contributed by atoms with van der Waals surface area (Å²) in [5.41, 5.74) is 0.850. The number of anilines is 1. The second-order valence-electron chi connectivity index (χ2n) is 4.94. The molecule has 0 bridgehead atoms. The zero-order chi connectivity index (χ0) is 15.4. The summed E-state index contributed by atoms with van der Waals surface area (Å²) in [6.07, 6.45) is 0.752. The maximum atomic E-state index is 12.1. The van der Waals surface area contributed by atoms with Crippen LogP contribution in [0.5, 0.6) is 0 Å². The van der Waals surface area contributed by atoms with Gasteiger partial charge in [0.2, 0.25) is 0 Å². The fourth-order valence-electron chi connectivity index (χ4n) is 2.31. The number of carboxylic acids is 1. The Labute approximate surface area is 126 Å². The zero-order valence-electron chi connectivity index (χ0n) is 11.2. The molecule has 6 nitrogen and oxygen atoms in total. The van der Waals surface area contributed by atoms with Gasteiger partial charge in [0.25, 0.3) is 0 Å². The number of carboxylic acid groups (broad SMARTS) is 1. The molecule has 2 N–H and O–H groups in total. The summed E-state index contributed by atoms with van der Waals surface area (Å²) in [7, 11) is 0. The normalized spacial score (nSPS) is 17.3. The second-order valence-corrected chi connectivity index (χ2v) is 5.34. The third-order valence-corrected chi connectivity index (χ3v) is 3.69. The highest BCUT2D eigenvalue weighted by atomic mass is 35.5. The third-order valence-electron chi connectivity index (χ3n) is 3.38. The van der Waals surface area contributed by atoms with Gasteiger partial charge in [0.1, 0.15) is 0 Å². The number of halogens is 1. The van der Waals surface area contributed by atoms with Crippen LogP contribution in [0.15, 0.2) is 18.2 Å². The number of urea groups is 1. The van der Waals surface area contributed by atoms with Crippen LogP contribution < -0.4 is 5.32 Å². The van der Waals surface area contributed by atoms with E-state index in [1.807, 2.05) is 6.07 Å². The Balaban J connectivity index is 1.96. The van der Waals surface area contributed by atoms with Crippen molar-refractivity contribution in [3.05, 3.63) is 28.8 Å². The molecule has 0 saturated carbocycles. The van der Waals surface area contributed by atoms with Crippen molar-refractivity contribution in [3.63, 3.8) is 0 Å². The first-order chi connectivity index (χ1) is 9.99. The molecule has 2 amide bonds. The lowest BCUT2D eigenvalue weighted by Crippen LogP contribution is -2.33. The van der Waals surface area contributed by atoms with Gasteiger partial charge in [-0.1, -0.05) is 11.6 Å². The van der Waals surface area contributed by atoms with Crippen LogP contribution in [-0.4, -0.2) is 35.1 Å². The van der Waals surface area contributed by atoms with Crippen molar-refractivity contribution in [2.75, 3.05) is 18.4 Å². The molecule has 0 aliphatic carbocycles. The molecule has 7 heteroatoms. The van der Waals surface area contributed by atoms with Crippen LogP contribution in [-0.2, 0) is 4.79 Å². The molecule has 2 rings (SSSR count). The Morgan fingerprint density at radius 3 is 2.90 bits per heavy atom. The van der Waals surface area contributed by atoms with E-state index < -0.39 is 5.97 Å². The summed E-state index contributed by atoms with van der Waals surface area (Å²) in [6, 6.07) is 6.28. The van der Waals surface area contributed by atoms with Gasteiger partial charge in [-0.15, -0.1) is 0 Å². The maximum Gasteiger partial charge on any atom is 0.321 e. The molecule has 21 heavy (non-hydrogen) atoms. The van der Waals surface area contributed by atoms with E-state index in [0.29, 0.717) is 35.8 Å². The molecule has 1 unspecified atom stereocenters. The summed E-state index contributed by atoms with van der Waals surface area (Å²) in [5.74, 6) is -0.859. The number of benzene rings is 1. The van der Waals surface area contributed by atoms with Gasteiger partial charge in [-0.05, 0) is 30.5 Å². The van der Waals surface area contributed by atoms with E-state index in [1.165, 1.54) is 6.07 Å². The van der Waals surface area contributed by atoms with Gasteiger partial charge in [0.15, 0.2) is 0 Å². The first-order valence-corrected chi connectivity index (χ1v) is 6.84. The minimum Gasteiger partial charge on any atom is -0.481 e. The predicted octanol–water partition coefficient (Wildman–Crippen LogP) is 2.54. The second kappa shape index (κ2) is 6.46. The average molecular weight is 308 g/mol. The number of carbonyl (C=O) groups is 2. The van der Waals surface area contributed by atoms with E-state index in [4.69, 9.17) is 22.0 Å². The summed E-state index contributed by atoms with van der Waals surface area (Å²) in [4.78, 5) is 24.3. The standard InChI is InChI=1S/C14H14ClN3O3/c15-11-5-9(7-16)1-2-12(11)17-14(21)18-4-3-10(8-18)6-13(19)20/h1-2,5,10H,3-4,6,8H2,(H,17,21)(H,19,20). The van der Waals surface area contributed by atoms with Crippen molar-refractivity contribution >= 4 is 29.3 Å². The summed E-state index contributed by atoms with van der Waals surface area (Å²) in [5, 5.41) is 20.5. The molecule has 1 atom stereocenters. The predicted molar refractivity (Wildman–Crippen MR) is 77.1 cm³/mol. The molecule has 1 fully saturated rings. The number of rotatable bonds is 3. The van der Waals surface area contributed by atoms with Crippen molar-refractivity contribution in [2.24, 2.45) is 5.92 Å². The number of hydrogen-bond donors (Lipinski definition) is 2. The van der Waals surface area contributed by atoms with Gasteiger partial charge >= 0.3 is 12.0 Å². The minimum atomic E-state index is -0.850. The highest BCUT2D eigenvalue weighted by Gasteiger charge is 2.27. The molecule has 0 spiro atoms. The number of likely N-dealkylation sites (tertiary alicyclic amines) is 1. The van der Waals surface area contributed by atoms with Crippen LogP contribution in [0.1, 0.15) is 18.4 Å². The van der Waals surface area contributed by atoms with E-state index in [-0.39, 0.29) is 18.4 Å². The fraction of sp³-hybridized carbons (Fsp3) is 0.357. The van der Waals surface area contributed by atoms with Crippen LogP contribution >= 0.6 is 11.6 Å². The Kier molecular flexibility index (Phi) is 4.66. The lowest BCUT2D eigenvalue weighted by Gasteiger charge is -2.17. The number of nitrogens with one attached hydrogen (secondary N) is 1. The van der Waals surface area contributed by atoms with Gasteiger partial charge in [0.05, 0.1) is 22.3 Å². The van der Waals surface area contributed by atoms with Crippen LogP contribution in [0.4, 0.5) is 10.5 Å². The SMILES string of the molecule is N#Cc1ccc(NC(=O)N2CCC(CC(=O)O)C2)c(Cl)c1. The van der Waals surface area contributed by atoms with Gasteiger partial charge in [-0.3, -0.25) is 4.79 Å². The zero-order valence-corrected chi connectivity index (χ0v) is 11.9. The first kappa shape index (κ1) is 15.1. The van der Waals surface area contributed by atoms with Crippen molar-refractivity contribution in [3.8, 4) is 6.07 Å². The third kappa shape index (κ3) is 3.86. The molecule has 1 aromatic carbocycles. The van der Waals surface area contributed by atoms with Gasteiger partial charge in [-0.2, -0.15) is 5.26 Å². The Hall–Kier alpha value is -2.26. The number of aliphatic carboxylic acids is 1. The molecule has 0 radical (unpaired) electrons. The van der Waals surface area contributed by atoms with Crippen LogP contribution in [0.2, 0.25) is 5.02 Å². The van der Waals surface area contributed by atoms with Gasteiger partial charge < -0.3 is 15.3 Å². The largest absolute Gasteiger partial charge is 0.481 e. The lowest BCUT2D eigenvalue weighted by atomic mass is 10.1. The molecule has 110 valence electrons. The molecule has 0 aromatic heterocycles. The van der Waals surface area contributed by atoms with E-state index in [9.17, 15) is 9.59 Å². The molecular formula is C14H14ClN3O3. The van der Waals surface area contributed by atoms with Crippen LogP contribution in [0.25, 0.3) is 0 Å². The van der Waals surface area contributed by atoms with Gasteiger partial charge in [-0.25, -0.2) is 4.79 Å². The summed E-state index contributed by atoms with van der Waals surface area (Å²) in [6.45, 7) is 0.948. The monoisotopic (exact) mass is 307 g/mol. The van der Waals surface area contributed by atoms with E-state index >= 15 is 0 Å². The Morgan fingerprint density at radius 1 is 1.52 bits per heavy atom. The first-order valence-electron chi connectivity index (χ1n) is 6.47. The van der Waals surface area contributed by atoms with Crippen molar-refractivity contribution < 1.29 is 14.7 Å². The van der Waals surface area contributed by atoms with Crippen molar-refractivity contribution in [1.29, 1.82) is 5.26 Å². The van der Waals surface area contributed by atoms with E-state index in [0.717, 1.165) is 0 Å². The Morgan fingerprint density at radius 2 is 2.29 bits per heavy atom. The molecule has 1 heterocycles. The lowest BCUT2D eigenvalue weighted by molar-refractivity contribution is -0.138. The van der Waals surface area contributed by atoms with Crippen molar-refractivity contribution in [2.45, 2.75) is 12.8 Å². The van der Waals surface area contributed by atoms with Gasteiger partial charge in [0, 0.05) is 19.5 Å². The number of nitriles is 1. The quantitative estimate of drug-likeness (QED) is 0.897. The molecule has 1 aliphatic rings. The van der Waals surface area contributed by atoms with E-state index in [1.54, 1.807) is 17.0 Å². The number of carbonyl (C=O) groups excluding carboxylic acids is 1. The summed E-state index contributed by atoms with van der Waals surface area (Å²) >= 11 is 5.99. The topological polar surface area (TPSA) is 93.4 Å². The summed E-state index contributed by atoms with van der Waals surface area (Å²) < 4.78 is 0. The smallest absolute Gasteiger partial charge is 0.321 e. The molecule has 1 aromatic rings. The average Bonchev–Trinajstić information content (AvgIpc) is 2.88. The van der Waals surface area contributed by atoms with E-state index in [2.05, 4.69) is 5.32 Å². The van der Waals surface area contributed by atoms with Crippen molar-refractivity contribution in [1.82, 2.24) is 4.90 Å². The number of hydrogen-bond acceptors (Lipinski definition) is 3. The number of nitrogens with zero attached hydrogens (tertiary/aromatic N) is 2. The number of amides is 2. The Bertz CT molecular complexity index is 612. The minimum absolute atomic E-state index is 0.00955. The highest BCUT2D eigenvalue weighted by Crippen LogP contribution is 2.25. The molecular weight excluding hydrogens is 294 g/mol. The molecule has 1 saturated heterocycles. The maximum absolute atomic E-state index is 12.1.